The van der Waals surface area contributed by atoms with Crippen LogP contribution in [-0.2, 0) is 22.9 Å². The van der Waals surface area contributed by atoms with Crippen molar-refractivity contribution in [3.8, 4) is 11.3 Å². The van der Waals surface area contributed by atoms with Crippen molar-refractivity contribution in [3.05, 3.63) is 34.5 Å². The summed E-state index contributed by atoms with van der Waals surface area (Å²) in [6, 6.07) is 4.98. The highest BCUT2D eigenvalue weighted by molar-refractivity contribution is 7.90. The van der Waals surface area contributed by atoms with Crippen LogP contribution >= 0.6 is 11.3 Å². The lowest BCUT2D eigenvalue weighted by atomic mass is 10.0. The van der Waals surface area contributed by atoms with Gasteiger partial charge >= 0.3 is 0 Å². The first-order valence-corrected chi connectivity index (χ1v) is 12.8. The number of nitrogens with zero attached hydrogens (tertiary/aromatic N) is 1. The normalized spacial score (nSPS) is 13.8. The number of nitrogens with one attached hydrogen (secondary N) is 2. The Morgan fingerprint density at radius 1 is 1.17 bits per heavy atom. The number of fused-ring (bicyclic) bond motifs is 3. The zero-order chi connectivity index (χ0) is 20.9. The molecule has 0 atom stereocenters. The van der Waals surface area contributed by atoms with E-state index >= 15 is 0 Å². The predicted molar refractivity (Wildman–Crippen MR) is 119 cm³/mol. The number of halogens is 1. The van der Waals surface area contributed by atoms with Crippen molar-refractivity contribution in [1.29, 1.82) is 0 Å². The van der Waals surface area contributed by atoms with Crippen LogP contribution in [0.4, 0.5) is 9.52 Å². The molecule has 1 aromatic heterocycles. The van der Waals surface area contributed by atoms with Gasteiger partial charge in [0.25, 0.3) is 0 Å². The number of anilines is 1. The van der Waals surface area contributed by atoms with Crippen molar-refractivity contribution in [3.63, 3.8) is 0 Å². The molecule has 0 bridgehead atoms. The molecule has 0 radical (unpaired) electrons. The van der Waals surface area contributed by atoms with Crippen LogP contribution in [-0.4, -0.2) is 31.7 Å². The van der Waals surface area contributed by atoms with Crippen molar-refractivity contribution in [2.75, 3.05) is 18.4 Å². The van der Waals surface area contributed by atoms with Crippen molar-refractivity contribution in [2.24, 2.45) is 0 Å². The molecule has 3 rings (SSSR count). The monoisotopic (exact) mass is 439 g/mol. The summed E-state index contributed by atoms with van der Waals surface area (Å²) in [7, 11) is -3.21. The van der Waals surface area contributed by atoms with Crippen LogP contribution in [0.1, 0.15) is 56.4 Å². The largest absolute Gasteiger partial charge is 0.361 e. The number of sulfonamides is 1. The fraction of sp³-hybridized carbons (Fsp3) is 0.571. The molecule has 8 heteroatoms. The van der Waals surface area contributed by atoms with Crippen molar-refractivity contribution < 1.29 is 12.8 Å². The van der Waals surface area contributed by atoms with E-state index in [1.807, 2.05) is 19.9 Å². The topological polar surface area (TPSA) is 71.1 Å². The van der Waals surface area contributed by atoms with Crippen molar-refractivity contribution >= 4 is 26.5 Å². The summed E-state index contributed by atoms with van der Waals surface area (Å²) >= 11 is 1.64. The van der Waals surface area contributed by atoms with E-state index in [4.69, 9.17) is 4.98 Å². The maximum absolute atomic E-state index is 13.7. The van der Waals surface area contributed by atoms with E-state index in [9.17, 15) is 12.8 Å². The molecule has 0 aliphatic heterocycles. The summed E-state index contributed by atoms with van der Waals surface area (Å²) in [4.78, 5) is 5.93. The van der Waals surface area contributed by atoms with E-state index in [-0.39, 0.29) is 11.1 Å². The molecule has 2 aromatic rings. The molecule has 5 nitrogen and oxygen atoms in total. The van der Waals surface area contributed by atoms with Gasteiger partial charge in [-0.15, -0.1) is 11.3 Å². The zero-order valence-corrected chi connectivity index (χ0v) is 18.8. The second-order valence-electron chi connectivity index (χ2n) is 7.46. The molecular formula is C21H30FN3O2S2. The lowest BCUT2D eigenvalue weighted by Gasteiger charge is -2.14. The van der Waals surface area contributed by atoms with E-state index < -0.39 is 10.0 Å². The standard InChI is InChI=1S/C21H30FN3O2S2/c1-3-17(4-2)29(26,27)24-13-6-5-12-23-21-25-20-18-14-16(22)11-10-15(18)8-7-9-19(20)28-21/h10-11,14,17,24H,3-9,12-13H2,1-2H3,(H,23,25). The van der Waals surface area contributed by atoms with Gasteiger partial charge in [0.05, 0.1) is 10.9 Å². The van der Waals surface area contributed by atoms with Gasteiger partial charge in [-0.3, -0.25) is 0 Å². The molecule has 0 fully saturated rings. The maximum Gasteiger partial charge on any atom is 0.214 e. The fourth-order valence-corrected chi connectivity index (χ4v) is 6.32. The Bertz CT molecular complexity index is 924. The molecule has 1 aliphatic rings. The Hall–Kier alpha value is -1.51. The van der Waals surface area contributed by atoms with Gasteiger partial charge in [-0.1, -0.05) is 19.9 Å². The number of rotatable bonds is 10. The molecular weight excluding hydrogens is 409 g/mol. The minimum atomic E-state index is -3.21. The molecule has 0 unspecified atom stereocenters. The van der Waals surface area contributed by atoms with Crippen LogP contribution in [0.25, 0.3) is 11.3 Å². The molecule has 0 saturated heterocycles. The lowest BCUT2D eigenvalue weighted by Crippen LogP contribution is -2.34. The quantitative estimate of drug-likeness (QED) is 0.525. The lowest BCUT2D eigenvalue weighted by molar-refractivity contribution is 0.553. The molecule has 0 amide bonds. The molecule has 29 heavy (non-hydrogen) atoms. The third-order valence-corrected chi connectivity index (χ3v) is 8.63. The number of aryl methyl sites for hydroxylation is 2. The van der Waals surface area contributed by atoms with E-state index in [1.165, 1.54) is 10.9 Å². The molecule has 1 aliphatic carbocycles. The SMILES string of the molecule is CCC(CC)S(=O)(=O)NCCCCNc1nc2c(s1)CCCc1ccc(F)cc1-2. The van der Waals surface area contributed by atoms with Gasteiger partial charge in [0.15, 0.2) is 5.13 Å². The average molecular weight is 440 g/mol. The highest BCUT2D eigenvalue weighted by Crippen LogP contribution is 2.37. The summed E-state index contributed by atoms with van der Waals surface area (Å²) in [6.07, 6.45) is 5.84. The van der Waals surface area contributed by atoms with E-state index in [2.05, 4.69) is 10.0 Å². The summed E-state index contributed by atoms with van der Waals surface area (Å²) in [6.45, 7) is 5.00. The van der Waals surface area contributed by atoms with Crippen LogP contribution in [0.2, 0.25) is 0 Å². The summed E-state index contributed by atoms with van der Waals surface area (Å²) in [5.41, 5.74) is 2.98. The second kappa shape index (κ2) is 10.00. The Labute approximate surface area is 177 Å². The van der Waals surface area contributed by atoms with Crippen LogP contribution in [0, 0.1) is 5.82 Å². The Kier molecular flexibility index (Phi) is 7.65. The molecule has 1 aromatic carbocycles. The summed E-state index contributed by atoms with van der Waals surface area (Å²) in [5, 5.41) is 3.89. The molecule has 0 saturated carbocycles. The van der Waals surface area contributed by atoms with E-state index in [1.54, 1.807) is 17.4 Å². The first-order valence-electron chi connectivity index (χ1n) is 10.5. The maximum atomic E-state index is 13.7. The number of unbranched alkanes of at least 4 members (excludes halogenated alkanes) is 1. The average Bonchev–Trinajstić information content (AvgIpc) is 3.01. The zero-order valence-electron chi connectivity index (χ0n) is 17.1. The van der Waals surface area contributed by atoms with Gasteiger partial charge in [0, 0.05) is 23.5 Å². The minimum absolute atomic E-state index is 0.227. The van der Waals surface area contributed by atoms with Gasteiger partial charge in [-0.05, 0) is 62.6 Å². The van der Waals surface area contributed by atoms with Crippen molar-refractivity contribution in [2.45, 2.75) is 64.0 Å². The predicted octanol–water partition coefficient (Wildman–Crippen LogP) is 4.74. The fourth-order valence-electron chi connectivity index (χ4n) is 3.74. The van der Waals surface area contributed by atoms with E-state index in [0.717, 1.165) is 60.6 Å². The first kappa shape index (κ1) is 22.2. The third kappa shape index (κ3) is 5.55. The van der Waals surface area contributed by atoms with Crippen LogP contribution < -0.4 is 10.0 Å². The van der Waals surface area contributed by atoms with Gasteiger partial charge < -0.3 is 5.32 Å². The highest BCUT2D eigenvalue weighted by Gasteiger charge is 2.21. The number of hydrogen-bond donors (Lipinski definition) is 2. The Morgan fingerprint density at radius 2 is 1.93 bits per heavy atom. The summed E-state index contributed by atoms with van der Waals surface area (Å²) in [5.74, 6) is -0.227. The number of thiazole rings is 1. The van der Waals surface area contributed by atoms with Gasteiger partial charge in [-0.25, -0.2) is 22.5 Å². The molecule has 1 heterocycles. The summed E-state index contributed by atoms with van der Waals surface area (Å²) < 4.78 is 40.8. The Balaban J connectivity index is 1.51. The van der Waals surface area contributed by atoms with Crippen LogP contribution in [0.5, 0.6) is 0 Å². The van der Waals surface area contributed by atoms with Crippen LogP contribution in [0.15, 0.2) is 18.2 Å². The number of aromatic nitrogens is 1. The first-order chi connectivity index (χ1) is 13.9. The van der Waals surface area contributed by atoms with Crippen LogP contribution in [0.3, 0.4) is 0 Å². The molecule has 0 spiro atoms. The third-order valence-electron chi connectivity index (χ3n) is 5.41. The van der Waals surface area contributed by atoms with E-state index in [0.29, 0.717) is 19.4 Å². The molecule has 2 N–H and O–H groups in total. The second-order valence-corrected chi connectivity index (χ2v) is 10.6. The number of hydrogen-bond acceptors (Lipinski definition) is 5. The van der Waals surface area contributed by atoms with Gasteiger partial charge in [0.2, 0.25) is 10.0 Å². The minimum Gasteiger partial charge on any atom is -0.361 e. The van der Waals surface area contributed by atoms with Gasteiger partial charge in [-0.2, -0.15) is 0 Å². The molecule has 160 valence electrons. The van der Waals surface area contributed by atoms with Gasteiger partial charge in [0.1, 0.15) is 5.82 Å². The smallest absolute Gasteiger partial charge is 0.214 e. The number of benzene rings is 1. The highest BCUT2D eigenvalue weighted by atomic mass is 32.2. The van der Waals surface area contributed by atoms with Crippen molar-refractivity contribution in [1.82, 2.24) is 9.71 Å². The Morgan fingerprint density at radius 3 is 2.69 bits per heavy atom.